The summed E-state index contributed by atoms with van der Waals surface area (Å²) in [6.45, 7) is 4.48. The van der Waals surface area contributed by atoms with Gasteiger partial charge in [0.15, 0.2) is 5.82 Å². The Bertz CT molecular complexity index is 632. The minimum Gasteiger partial charge on any atom is -0.297 e. The lowest BCUT2D eigenvalue weighted by Crippen LogP contribution is -2.11. The Morgan fingerprint density at radius 2 is 2.17 bits per heavy atom. The third-order valence-corrected chi connectivity index (χ3v) is 4.10. The van der Waals surface area contributed by atoms with Gasteiger partial charge in [-0.1, -0.05) is 13.8 Å². The summed E-state index contributed by atoms with van der Waals surface area (Å²) in [7, 11) is 1.49. The second-order valence-corrected chi connectivity index (χ2v) is 7.50. The van der Waals surface area contributed by atoms with Crippen molar-refractivity contribution < 1.29 is 8.42 Å². The van der Waals surface area contributed by atoms with Crippen LogP contribution in [0.3, 0.4) is 0 Å². The summed E-state index contributed by atoms with van der Waals surface area (Å²) in [5.74, 6) is 0.791. The molecule has 8 heteroatoms. The number of aromatic nitrogens is 3. The van der Waals surface area contributed by atoms with Crippen molar-refractivity contribution in [3.05, 3.63) is 16.8 Å². The minimum atomic E-state index is -3.88. The van der Waals surface area contributed by atoms with Gasteiger partial charge < -0.3 is 0 Å². The molecule has 5 nitrogen and oxygen atoms in total. The van der Waals surface area contributed by atoms with Gasteiger partial charge in [-0.2, -0.15) is 11.3 Å². The summed E-state index contributed by atoms with van der Waals surface area (Å²) in [5, 5.41) is 11.2. The SMILES string of the molecule is CC(C)Cn1c(-c2ccsc2)nnc1S(=O)(=O)Cl. The fourth-order valence-corrected chi connectivity index (χ4v) is 3.14. The van der Waals surface area contributed by atoms with Crippen molar-refractivity contribution in [2.75, 3.05) is 0 Å². The monoisotopic (exact) mass is 305 g/mol. The first-order valence-electron chi connectivity index (χ1n) is 5.30. The van der Waals surface area contributed by atoms with Crippen molar-refractivity contribution in [3.63, 3.8) is 0 Å². The molecule has 0 aromatic carbocycles. The highest BCUT2D eigenvalue weighted by Gasteiger charge is 2.23. The summed E-state index contributed by atoms with van der Waals surface area (Å²) < 4.78 is 24.5. The molecule has 0 bridgehead atoms. The molecule has 2 rings (SSSR count). The number of hydrogen-bond donors (Lipinski definition) is 0. The Kier molecular flexibility index (Phi) is 3.74. The zero-order chi connectivity index (χ0) is 13.3. The number of halogens is 1. The molecule has 0 fully saturated rings. The standard InChI is InChI=1S/C10H12ClN3O2S2/c1-7(2)5-14-9(8-3-4-17-6-8)12-13-10(14)18(11,15)16/h3-4,6-7H,5H2,1-2H3. The van der Waals surface area contributed by atoms with Crippen molar-refractivity contribution in [1.29, 1.82) is 0 Å². The van der Waals surface area contributed by atoms with E-state index in [1.165, 1.54) is 11.3 Å². The van der Waals surface area contributed by atoms with Crippen LogP contribution in [-0.4, -0.2) is 23.2 Å². The number of hydrogen-bond acceptors (Lipinski definition) is 5. The van der Waals surface area contributed by atoms with Crippen LogP contribution in [-0.2, 0) is 15.6 Å². The van der Waals surface area contributed by atoms with Crippen LogP contribution in [0, 0.1) is 5.92 Å². The van der Waals surface area contributed by atoms with Gasteiger partial charge in [-0.3, -0.25) is 4.57 Å². The lowest BCUT2D eigenvalue weighted by molar-refractivity contribution is 0.488. The van der Waals surface area contributed by atoms with Crippen LogP contribution in [0.15, 0.2) is 22.0 Å². The van der Waals surface area contributed by atoms with E-state index in [1.54, 1.807) is 4.57 Å². The van der Waals surface area contributed by atoms with Gasteiger partial charge in [0, 0.05) is 28.2 Å². The molecule has 2 heterocycles. The molecule has 0 aliphatic carbocycles. The van der Waals surface area contributed by atoms with Crippen molar-refractivity contribution in [3.8, 4) is 11.4 Å². The van der Waals surface area contributed by atoms with Crippen molar-refractivity contribution in [1.82, 2.24) is 14.8 Å². The molecule has 0 aliphatic heterocycles. The van der Waals surface area contributed by atoms with Gasteiger partial charge in [-0.05, 0) is 17.4 Å². The number of rotatable bonds is 4. The molecule has 0 N–H and O–H groups in total. The van der Waals surface area contributed by atoms with E-state index in [9.17, 15) is 8.42 Å². The first-order chi connectivity index (χ1) is 8.39. The van der Waals surface area contributed by atoms with E-state index < -0.39 is 9.05 Å². The second kappa shape index (κ2) is 4.99. The maximum Gasteiger partial charge on any atom is 0.296 e. The van der Waals surface area contributed by atoms with E-state index >= 15 is 0 Å². The zero-order valence-corrected chi connectivity index (χ0v) is 12.3. The smallest absolute Gasteiger partial charge is 0.296 e. The Hall–Kier alpha value is -0.920. The topological polar surface area (TPSA) is 64.8 Å². The number of thiophene rings is 1. The lowest BCUT2D eigenvalue weighted by atomic mass is 10.2. The van der Waals surface area contributed by atoms with Crippen molar-refractivity contribution >= 4 is 31.1 Å². The molecule has 2 aromatic heterocycles. The lowest BCUT2D eigenvalue weighted by Gasteiger charge is -2.10. The highest BCUT2D eigenvalue weighted by molar-refractivity contribution is 8.13. The summed E-state index contributed by atoms with van der Waals surface area (Å²) in [4.78, 5) is 0. The van der Waals surface area contributed by atoms with Gasteiger partial charge >= 0.3 is 0 Å². The molecule has 2 aromatic rings. The van der Waals surface area contributed by atoms with Gasteiger partial charge in [-0.25, -0.2) is 8.42 Å². The zero-order valence-electron chi connectivity index (χ0n) is 9.87. The van der Waals surface area contributed by atoms with Crippen LogP contribution >= 0.6 is 22.0 Å². The number of nitrogens with zero attached hydrogens (tertiary/aromatic N) is 3. The van der Waals surface area contributed by atoms with Gasteiger partial charge in [0.25, 0.3) is 14.2 Å². The summed E-state index contributed by atoms with van der Waals surface area (Å²) in [6.07, 6.45) is 0. The predicted molar refractivity (Wildman–Crippen MR) is 71.2 cm³/mol. The molecule has 0 atom stereocenters. The third kappa shape index (κ3) is 2.73. The Morgan fingerprint density at radius 3 is 2.67 bits per heavy atom. The Labute approximate surface area is 114 Å². The second-order valence-electron chi connectivity index (χ2n) is 4.26. The summed E-state index contributed by atoms with van der Waals surface area (Å²) in [6, 6.07) is 1.87. The van der Waals surface area contributed by atoms with E-state index in [0.717, 1.165) is 5.56 Å². The van der Waals surface area contributed by atoms with E-state index in [-0.39, 0.29) is 11.1 Å². The van der Waals surface area contributed by atoms with Crippen LogP contribution in [0.2, 0.25) is 0 Å². The summed E-state index contributed by atoms with van der Waals surface area (Å²) in [5.41, 5.74) is 0.847. The fraction of sp³-hybridized carbons (Fsp3) is 0.400. The van der Waals surface area contributed by atoms with E-state index in [4.69, 9.17) is 10.7 Å². The van der Waals surface area contributed by atoms with Crippen molar-refractivity contribution in [2.45, 2.75) is 25.5 Å². The highest BCUT2D eigenvalue weighted by atomic mass is 35.7. The molecular weight excluding hydrogens is 294 g/mol. The Morgan fingerprint density at radius 1 is 1.44 bits per heavy atom. The van der Waals surface area contributed by atoms with Crippen LogP contribution < -0.4 is 0 Å². The third-order valence-electron chi connectivity index (χ3n) is 2.26. The molecule has 0 spiro atoms. The molecule has 0 saturated carbocycles. The molecular formula is C10H12ClN3O2S2. The molecule has 0 amide bonds. The average Bonchev–Trinajstić information content (AvgIpc) is 2.81. The first kappa shape index (κ1) is 13.5. The highest BCUT2D eigenvalue weighted by Crippen LogP contribution is 2.25. The quantitative estimate of drug-likeness (QED) is 0.814. The molecule has 18 heavy (non-hydrogen) atoms. The van der Waals surface area contributed by atoms with Gasteiger partial charge in [0.1, 0.15) is 0 Å². The molecule has 0 radical (unpaired) electrons. The van der Waals surface area contributed by atoms with Crippen LogP contribution in [0.4, 0.5) is 0 Å². The minimum absolute atomic E-state index is 0.195. The molecule has 98 valence electrons. The van der Waals surface area contributed by atoms with Crippen LogP contribution in [0.25, 0.3) is 11.4 Å². The van der Waals surface area contributed by atoms with E-state index in [2.05, 4.69) is 10.2 Å². The van der Waals surface area contributed by atoms with Crippen LogP contribution in [0.5, 0.6) is 0 Å². The van der Waals surface area contributed by atoms with Gasteiger partial charge in [0.2, 0.25) is 0 Å². The van der Waals surface area contributed by atoms with E-state index in [1.807, 2.05) is 30.7 Å². The van der Waals surface area contributed by atoms with Crippen molar-refractivity contribution in [2.24, 2.45) is 5.92 Å². The molecule has 0 unspecified atom stereocenters. The van der Waals surface area contributed by atoms with Gasteiger partial charge in [-0.15, -0.1) is 10.2 Å². The maximum atomic E-state index is 11.5. The normalized spacial score (nSPS) is 12.2. The van der Waals surface area contributed by atoms with Crippen LogP contribution in [0.1, 0.15) is 13.8 Å². The Balaban J connectivity index is 2.58. The molecule has 0 saturated heterocycles. The molecule has 0 aliphatic rings. The largest absolute Gasteiger partial charge is 0.297 e. The average molecular weight is 306 g/mol. The summed E-state index contributed by atoms with van der Waals surface area (Å²) >= 11 is 1.52. The van der Waals surface area contributed by atoms with E-state index in [0.29, 0.717) is 12.4 Å². The predicted octanol–water partition coefficient (Wildman–Crippen LogP) is 2.59. The maximum absolute atomic E-state index is 11.5. The van der Waals surface area contributed by atoms with Gasteiger partial charge in [0.05, 0.1) is 0 Å². The first-order valence-corrected chi connectivity index (χ1v) is 8.55. The fourth-order valence-electron chi connectivity index (χ4n) is 1.60.